The zero-order valence-electron chi connectivity index (χ0n) is 14.1. The number of piperazine rings is 1. The van der Waals surface area contributed by atoms with Gasteiger partial charge >= 0.3 is 0 Å². The van der Waals surface area contributed by atoms with Crippen molar-refractivity contribution in [3.05, 3.63) is 58.1 Å². The number of carbonyl (C=O) groups excluding carboxylic acids is 1. The minimum absolute atomic E-state index is 0.123. The highest BCUT2D eigenvalue weighted by molar-refractivity contribution is 6.43. The van der Waals surface area contributed by atoms with Crippen LogP contribution < -0.4 is 10.2 Å². The second-order valence-corrected chi connectivity index (χ2v) is 6.83. The number of hydrogen-bond acceptors (Lipinski definition) is 4. The third-order valence-electron chi connectivity index (χ3n) is 4.33. The third-order valence-corrected chi connectivity index (χ3v) is 5.14. The predicted molar refractivity (Wildman–Crippen MR) is 105 cm³/mol. The van der Waals surface area contributed by atoms with E-state index in [1.807, 2.05) is 12.1 Å². The number of anilines is 2. The maximum atomic E-state index is 12.3. The molecule has 0 atom stereocenters. The van der Waals surface area contributed by atoms with Crippen LogP contribution in [-0.4, -0.2) is 43.5 Å². The molecule has 1 amide bonds. The Hall–Kier alpha value is -2.26. The molecule has 2 aromatic rings. The molecule has 1 aliphatic rings. The minimum Gasteiger partial charge on any atom is -0.368 e. The summed E-state index contributed by atoms with van der Waals surface area (Å²) in [4.78, 5) is 16.5. The van der Waals surface area contributed by atoms with Gasteiger partial charge in [-0.25, -0.2) is 0 Å². The summed E-state index contributed by atoms with van der Waals surface area (Å²) in [7, 11) is 0. The van der Waals surface area contributed by atoms with Crippen molar-refractivity contribution in [1.29, 1.82) is 5.26 Å². The summed E-state index contributed by atoms with van der Waals surface area (Å²) in [5, 5.41) is 13.0. The van der Waals surface area contributed by atoms with Crippen molar-refractivity contribution in [3.8, 4) is 6.07 Å². The van der Waals surface area contributed by atoms with Crippen molar-refractivity contribution in [2.75, 3.05) is 42.9 Å². The van der Waals surface area contributed by atoms with Crippen LogP contribution in [0.3, 0.4) is 0 Å². The highest BCUT2D eigenvalue weighted by Gasteiger charge is 2.21. The summed E-state index contributed by atoms with van der Waals surface area (Å²) in [6, 6.07) is 14.7. The van der Waals surface area contributed by atoms with Gasteiger partial charge in [-0.05, 0) is 24.3 Å². The van der Waals surface area contributed by atoms with Crippen LogP contribution in [0.25, 0.3) is 0 Å². The molecule has 1 aliphatic heterocycles. The van der Waals surface area contributed by atoms with Gasteiger partial charge in [0.25, 0.3) is 0 Å². The number of halogens is 2. The van der Waals surface area contributed by atoms with Gasteiger partial charge in [-0.3, -0.25) is 9.69 Å². The summed E-state index contributed by atoms with van der Waals surface area (Å²) in [6.07, 6.45) is 0. The standard InChI is InChI=1S/C19H18Cl2N4O/c20-15-5-3-7-17(19(15)21)25-10-8-24(9-11-25)13-18(26)23-16-6-2-1-4-14(16)12-22/h1-7H,8-11,13H2,(H,23,26). The summed E-state index contributed by atoms with van der Waals surface area (Å²) >= 11 is 12.4. The fourth-order valence-electron chi connectivity index (χ4n) is 2.97. The molecule has 0 aromatic heterocycles. The molecule has 0 radical (unpaired) electrons. The van der Waals surface area contributed by atoms with Gasteiger partial charge in [-0.2, -0.15) is 5.26 Å². The van der Waals surface area contributed by atoms with E-state index in [-0.39, 0.29) is 12.5 Å². The second kappa shape index (κ2) is 8.41. The number of benzene rings is 2. The quantitative estimate of drug-likeness (QED) is 0.868. The average Bonchev–Trinajstić information content (AvgIpc) is 2.65. The van der Waals surface area contributed by atoms with Crippen molar-refractivity contribution < 1.29 is 4.79 Å². The molecule has 2 aromatic carbocycles. The Labute approximate surface area is 162 Å². The Balaban J connectivity index is 1.55. The van der Waals surface area contributed by atoms with E-state index in [9.17, 15) is 4.79 Å². The number of nitriles is 1. The maximum absolute atomic E-state index is 12.3. The van der Waals surface area contributed by atoms with Crippen molar-refractivity contribution in [3.63, 3.8) is 0 Å². The Morgan fingerprint density at radius 2 is 1.81 bits per heavy atom. The van der Waals surface area contributed by atoms with Crippen molar-refractivity contribution in [2.24, 2.45) is 0 Å². The lowest BCUT2D eigenvalue weighted by atomic mass is 10.2. The van der Waals surface area contributed by atoms with E-state index >= 15 is 0 Å². The molecule has 1 N–H and O–H groups in total. The molecule has 1 saturated heterocycles. The monoisotopic (exact) mass is 388 g/mol. The molecule has 1 heterocycles. The lowest BCUT2D eigenvalue weighted by molar-refractivity contribution is -0.117. The zero-order chi connectivity index (χ0) is 18.5. The van der Waals surface area contributed by atoms with E-state index in [2.05, 4.69) is 21.2 Å². The Kier molecular flexibility index (Phi) is 6.00. The summed E-state index contributed by atoms with van der Waals surface area (Å²) in [6.45, 7) is 3.31. The van der Waals surface area contributed by atoms with Crippen LogP contribution >= 0.6 is 23.2 Å². The molecule has 7 heteroatoms. The number of rotatable bonds is 4. The van der Waals surface area contributed by atoms with E-state index in [0.29, 0.717) is 21.3 Å². The fourth-order valence-corrected chi connectivity index (χ4v) is 3.38. The number of amides is 1. The first-order valence-electron chi connectivity index (χ1n) is 8.29. The van der Waals surface area contributed by atoms with Crippen LogP contribution in [0.4, 0.5) is 11.4 Å². The molecular weight excluding hydrogens is 371 g/mol. The first-order chi connectivity index (χ1) is 12.6. The molecule has 26 heavy (non-hydrogen) atoms. The topological polar surface area (TPSA) is 59.4 Å². The molecule has 0 saturated carbocycles. The number of nitrogens with one attached hydrogen (secondary N) is 1. The van der Waals surface area contributed by atoms with Crippen molar-refractivity contribution >= 4 is 40.5 Å². The van der Waals surface area contributed by atoms with Crippen LogP contribution in [0.5, 0.6) is 0 Å². The first-order valence-corrected chi connectivity index (χ1v) is 9.04. The molecule has 5 nitrogen and oxygen atoms in total. The smallest absolute Gasteiger partial charge is 0.238 e. The van der Waals surface area contributed by atoms with Crippen molar-refractivity contribution in [2.45, 2.75) is 0 Å². The Morgan fingerprint density at radius 1 is 1.08 bits per heavy atom. The van der Waals surface area contributed by atoms with Gasteiger partial charge in [0.15, 0.2) is 0 Å². The van der Waals surface area contributed by atoms with E-state index in [1.165, 1.54) is 0 Å². The van der Waals surface area contributed by atoms with E-state index < -0.39 is 0 Å². The summed E-state index contributed by atoms with van der Waals surface area (Å²) < 4.78 is 0. The normalized spacial score (nSPS) is 14.7. The Bertz CT molecular complexity index is 842. The second-order valence-electron chi connectivity index (χ2n) is 6.04. The highest BCUT2D eigenvalue weighted by atomic mass is 35.5. The van der Waals surface area contributed by atoms with Crippen molar-refractivity contribution in [1.82, 2.24) is 4.90 Å². The number of nitrogens with zero attached hydrogens (tertiary/aromatic N) is 3. The SMILES string of the molecule is N#Cc1ccccc1NC(=O)CN1CCN(c2cccc(Cl)c2Cl)CC1. The van der Waals surface area contributed by atoms with Crippen LogP contribution in [0.15, 0.2) is 42.5 Å². The molecule has 0 spiro atoms. The predicted octanol–water partition coefficient (Wildman–Crippen LogP) is 3.63. The zero-order valence-corrected chi connectivity index (χ0v) is 15.6. The summed E-state index contributed by atoms with van der Waals surface area (Å²) in [5.74, 6) is -0.123. The molecule has 134 valence electrons. The van der Waals surface area contributed by atoms with Gasteiger partial charge in [-0.15, -0.1) is 0 Å². The van der Waals surface area contributed by atoms with Crippen LogP contribution in [-0.2, 0) is 4.79 Å². The summed E-state index contributed by atoms with van der Waals surface area (Å²) in [5.41, 5.74) is 1.93. The van der Waals surface area contributed by atoms with Gasteiger partial charge in [0.05, 0.1) is 33.5 Å². The number of hydrogen-bond donors (Lipinski definition) is 1. The molecule has 1 fully saturated rings. The van der Waals surface area contributed by atoms with Gasteiger partial charge in [-0.1, -0.05) is 41.4 Å². The molecule has 3 rings (SSSR count). The number of para-hydroxylation sites is 1. The minimum atomic E-state index is -0.123. The van der Waals surface area contributed by atoms with E-state index in [4.69, 9.17) is 28.5 Å². The molecule has 0 bridgehead atoms. The number of carbonyl (C=O) groups is 1. The highest BCUT2D eigenvalue weighted by Crippen LogP contribution is 2.32. The van der Waals surface area contributed by atoms with Gasteiger partial charge in [0, 0.05) is 26.2 Å². The van der Waals surface area contributed by atoms with E-state index in [1.54, 1.807) is 30.3 Å². The first kappa shape index (κ1) is 18.5. The largest absolute Gasteiger partial charge is 0.368 e. The maximum Gasteiger partial charge on any atom is 0.238 e. The lowest BCUT2D eigenvalue weighted by Crippen LogP contribution is -2.48. The van der Waals surface area contributed by atoms with Crippen LogP contribution in [0, 0.1) is 11.3 Å². The van der Waals surface area contributed by atoms with Gasteiger partial charge in [0.1, 0.15) is 6.07 Å². The van der Waals surface area contributed by atoms with Gasteiger partial charge < -0.3 is 10.2 Å². The third kappa shape index (κ3) is 4.28. The van der Waals surface area contributed by atoms with Gasteiger partial charge in [0.2, 0.25) is 5.91 Å². The molecule has 0 aliphatic carbocycles. The molecule has 0 unspecified atom stereocenters. The van der Waals surface area contributed by atoms with Crippen LogP contribution in [0.1, 0.15) is 5.56 Å². The molecular formula is C19H18Cl2N4O. The fraction of sp³-hybridized carbons (Fsp3) is 0.263. The van der Waals surface area contributed by atoms with Crippen LogP contribution in [0.2, 0.25) is 10.0 Å². The average molecular weight is 389 g/mol. The lowest BCUT2D eigenvalue weighted by Gasteiger charge is -2.36. The van der Waals surface area contributed by atoms with E-state index in [0.717, 1.165) is 31.9 Å². The Morgan fingerprint density at radius 3 is 2.54 bits per heavy atom.